The lowest BCUT2D eigenvalue weighted by atomic mass is 9.63. The zero-order chi connectivity index (χ0) is 18.1. The van der Waals surface area contributed by atoms with Crippen molar-refractivity contribution in [3.05, 3.63) is 35.9 Å². The lowest BCUT2D eigenvalue weighted by molar-refractivity contribution is -0.128. The molecule has 4 rings (SSSR count). The van der Waals surface area contributed by atoms with E-state index in [1.54, 1.807) is 0 Å². The maximum absolute atomic E-state index is 13.2. The van der Waals surface area contributed by atoms with Gasteiger partial charge in [-0.05, 0) is 48.3 Å². The molecule has 26 heavy (non-hydrogen) atoms. The maximum atomic E-state index is 13.2. The van der Waals surface area contributed by atoms with Crippen molar-refractivity contribution in [1.29, 1.82) is 0 Å². The first-order valence-corrected chi connectivity index (χ1v) is 9.99. The molecule has 4 nitrogen and oxygen atoms in total. The number of fused-ring (bicyclic) bond motifs is 2. The molecule has 0 spiro atoms. The lowest BCUT2D eigenvalue weighted by Gasteiger charge is -2.41. The van der Waals surface area contributed by atoms with Crippen LogP contribution < -0.4 is 14.8 Å². The van der Waals surface area contributed by atoms with E-state index in [4.69, 9.17) is 9.47 Å². The molecular weight excluding hydrogens is 326 g/mol. The van der Waals surface area contributed by atoms with Crippen LogP contribution in [0.25, 0.3) is 0 Å². The van der Waals surface area contributed by atoms with Crippen LogP contribution in [-0.2, 0) is 4.79 Å². The second kappa shape index (κ2) is 7.34. The Hall–Kier alpha value is -1.97. The molecule has 0 unspecified atom stereocenters. The Bertz CT molecular complexity index is 697. The van der Waals surface area contributed by atoms with Crippen molar-refractivity contribution < 1.29 is 14.3 Å². The van der Waals surface area contributed by atoms with E-state index in [-0.39, 0.29) is 24.5 Å². The Kier molecular flexibility index (Phi) is 4.92. The van der Waals surface area contributed by atoms with Gasteiger partial charge in [-0.1, -0.05) is 44.9 Å². The van der Waals surface area contributed by atoms with E-state index >= 15 is 0 Å². The number of amides is 1. The van der Waals surface area contributed by atoms with Gasteiger partial charge in [-0.15, -0.1) is 0 Å². The smallest absolute Gasteiger partial charge is 0.231 e. The molecule has 1 heterocycles. The summed E-state index contributed by atoms with van der Waals surface area (Å²) in [5, 5.41) is 3.21. The molecule has 0 bridgehead atoms. The average Bonchev–Trinajstić information content (AvgIpc) is 3.13. The normalized spacial score (nSPS) is 29.5. The van der Waals surface area contributed by atoms with Gasteiger partial charge < -0.3 is 14.8 Å². The maximum Gasteiger partial charge on any atom is 0.231 e. The van der Waals surface area contributed by atoms with Gasteiger partial charge in [0.15, 0.2) is 11.5 Å². The van der Waals surface area contributed by atoms with Crippen LogP contribution in [0.5, 0.6) is 11.5 Å². The second-order valence-electron chi connectivity index (χ2n) is 8.30. The van der Waals surface area contributed by atoms with Crippen LogP contribution in [-0.4, -0.2) is 19.2 Å². The molecule has 1 saturated carbocycles. The van der Waals surface area contributed by atoms with Gasteiger partial charge in [0.2, 0.25) is 12.7 Å². The van der Waals surface area contributed by atoms with Crippen molar-refractivity contribution in [2.45, 2.75) is 45.4 Å². The Labute approximate surface area is 156 Å². The zero-order valence-electron chi connectivity index (χ0n) is 15.7. The van der Waals surface area contributed by atoms with Crippen LogP contribution in [0.2, 0.25) is 0 Å². The topological polar surface area (TPSA) is 47.6 Å². The summed E-state index contributed by atoms with van der Waals surface area (Å²) in [5.41, 5.74) is 1.15. The van der Waals surface area contributed by atoms with Crippen LogP contribution >= 0.6 is 0 Å². The van der Waals surface area contributed by atoms with Crippen LogP contribution in [0.15, 0.2) is 30.4 Å². The molecule has 0 aromatic heterocycles. The highest BCUT2D eigenvalue weighted by Crippen LogP contribution is 2.47. The summed E-state index contributed by atoms with van der Waals surface area (Å²) in [4.78, 5) is 13.2. The highest BCUT2D eigenvalue weighted by atomic mass is 16.7. The SMILES string of the molecule is CC(C)CNC(=O)[C@@H]1[C@H]2CCCC[C@H]2C=C[C@H]1c1ccc2c(c1)OCO2. The Balaban J connectivity index is 1.64. The summed E-state index contributed by atoms with van der Waals surface area (Å²) >= 11 is 0. The van der Waals surface area contributed by atoms with Crippen molar-refractivity contribution >= 4 is 5.91 Å². The number of hydrogen-bond acceptors (Lipinski definition) is 3. The fraction of sp³-hybridized carbons (Fsp3) is 0.591. The third kappa shape index (κ3) is 3.34. The van der Waals surface area contributed by atoms with Gasteiger partial charge >= 0.3 is 0 Å². The number of hydrogen-bond donors (Lipinski definition) is 1. The number of nitrogens with one attached hydrogen (secondary N) is 1. The highest BCUT2D eigenvalue weighted by Gasteiger charge is 2.42. The fourth-order valence-electron chi connectivity index (χ4n) is 4.74. The van der Waals surface area contributed by atoms with Gasteiger partial charge in [-0.25, -0.2) is 0 Å². The first kappa shape index (κ1) is 17.4. The van der Waals surface area contributed by atoms with Gasteiger partial charge in [0.05, 0.1) is 5.92 Å². The highest BCUT2D eigenvalue weighted by molar-refractivity contribution is 5.81. The number of carbonyl (C=O) groups excluding carboxylic acids is 1. The van der Waals surface area contributed by atoms with Crippen LogP contribution in [0.3, 0.4) is 0 Å². The number of carbonyl (C=O) groups is 1. The molecular formula is C22H29NO3. The number of allylic oxidation sites excluding steroid dienone is 2. The van der Waals surface area contributed by atoms with E-state index in [1.165, 1.54) is 19.3 Å². The molecule has 1 N–H and O–H groups in total. The van der Waals surface area contributed by atoms with Gasteiger partial charge in [0.25, 0.3) is 0 Å². The number of rotatable bonds is 4. The first-order chi connectivity index (χ1) is 12.6. The fourth-order valence-corrected chi connectivity index (χ4v) is 4.74. The van der Waals surface area contributed by atoms with Crippen molar-refractivity contribution in [1.82, 2.24) is 5.32 Å². The van der Waals surface area contributed by atoms with Crippen LogP contribution in [0.4, 0.5) is 0 Å². The third-order valence-corrected chi connectivity index (χ3v) is 6.06. The van der Waals surface area contributed by atoms with Gasteiger partial charge in [0, 0.05) is 12.5 Å². The molecule has 1 amide bonds. The molecule has 1 aromatic rings. The van der Waals surface area contributed by atoms with Crippen molar-refractivity contribution in [2.24, 2.45) is 23.7 Å². The molecule has 0 saturated heterocycles. The minimum absolute atomic E-state index is 0.00409. The van der Waals surface area contributed by atoms with Crippen molar-refractivity contribution in [3.63, 3.8) is 0 Å². The molecule has 1 aromatic carbocycles. The second-order valence-corrected chi connectivity index (χ2v) is 8.30. The van der Waals surface area contributed by atoms with E-state index in [9.17, 15) is 4.79 Å². The zero-order valence-corrected chi connectivity index (χ0v) is 15.7. The summed E-state index contributed by atoms with van der Waals surface area (Å²) in [6, 6.07) is 6.12. The molecule has 3 aliphatic rings. The largest absolute Gasteiger partial charge is 0.454 e. The van der Waals surface area contributed by atoms with Crippen molar-refractivity contribution in [3.8, 4) is 11.5 Å². The number of ether oxygens (including phenoxy) is 2. The molecule has 1 aliphatic heterocycles. The first-order valence-electron chi connectivity index (χ1n) is 9.99. The van der Waals surface area contributed by atoms with Crippen LogP contribution in [0.1, 0.15) is 51.0 Å². The van der Waals surface area contributed by atoms with Crippen LogP contribution in [0, 0.1) is 23.7 Å². The van der Waals surface area contributed by atoms with E-state index in [0.29, 0.717) is 17.8 Å². The molecule has 0 radical (unpaired) electrons. The summed E-state index contributed by atoms with van der Waals surface area (Å²) in [6.07, 6.45) is 9.51. The quantitative estimate of drug-likeness (QED) is 0.821. The van der Waals surface area contributed by atoms with E-state index < -0.39 is 0 Å². The Morgan fingerprint density at radius 2 is 1.96 bits per heavy atom. The van der Waals surface area contributed by atoms with Gasteiger partial charge in [-0.2, -0.15) is 0 Å². The molecule has 140 valence electrons. The lowest BCUT2D eigenvalue weighted by Crippen LogP contribution is -2.44. The van der Waals surface area contributed by atoms with E-state index in [2.05, 4.69) is 43.4 Å². The predicted octanol–water partition coefficient (Wildman–Crippen LogP) is 4.26. The predicted molar refractivity (Wildman–Crippen MR) is 101 cm³/mol. The van der Waals surface area contributed by atoms with E-state index in [0.717, 1.165) is 30.0 Å². The van der Waals surface area contributed by atoms with Crippen molar-refractivity contribution in [2.75, 3.05) is 13.3 Å². The third-order valence-electron chi connectivity index (χ3n) is 6.06. The summed E-state index contributed by atoms with van der Waals surface area (Å²) in [5.74, 6) is 3.36. The standard InChI is InChI=1S/C22H29NO3/c1-14(2)12-23-22(24)21-17-6-4-3-5-15(17)7-9-18(21)16-8-10-19-20(11-16)26-13-25-19/h7-11,14-15,17-18,21H,3-6,12-13H2,1-2H3,(H,23,24)/t15-,17-,18-,21+/m0/s1. The minimum atomic E-state index is 0.00409. The van der Waals surface area contributed by atoms with E-state index in [1.807, 2.05) is 6.07 Å². The molecule has 4 atom stereocenters. The molecule has 4 heteroatoms. The Morgan fingerprint density at radius 3 is 2.81 bits per heavy atom. The summed E-state index contributed by atoms with van der Waals surface area (Å²) in [7, 11) is 0. The Morgan fingerprint density at radius 1 is 1.15 bits per heavy atom. The number of benzene rings is 1. The molecule has 1 fully saturated rings. The monoisotopic (exact) mass is 355 g/mol. The van der Waals surface area contributed by atoms with Gasteiger partial charge in [0.1, 0.15) is 0 Å². The summed E-state index contributed by atoms with van der Waals surface area (Å²) < 4.78 is 11.0. The van der Waals surface area contributed by atoms with Gasteiger partial charge in [-0.3, -0.25) is 4.79 Å². The average molecular weight is 355 g/mol. The summed E-state index contributed by atoms with van der Waals surface area (Å²) in [6.45, 7) is 5.30. The molecule has 2 aliphatic carbocycles. The minimum Gasteiger partial charge on any atom is -0.454 e.